The molecule has 2 aliphatic rings. The molecule has 0 bridgehead atoms. The van der Waals surface area contributed by atoms with E-state index in [9.17, 15) is 4.79 Å². The van der Waals surface area contributed by atoms with Crippen LogP contribution in [0.1, 0.15) is 42.0 Å². The topological polar surface area (TPSA) is 32.3 Å². The van der Waals surface area contributed by atoms with Gasteiger partial charge in [0.15, 0.2) is 0 Å². The summed E-state index contributed by atoms with van der Waals surface area (Å²) in [6.07, 6.45) is 5.75. The highest BCUT2D eigenvalue weighted by Crippen LogP contribution is 2.36. The van der Waals surface area contributed by atoms with Crippen LogP contribution in [-0.4, -0.2) is 37.5 Å². The molecule has 0 aromatic carbocycles. The van der Waals surface area contributed by atoms with Gasteiger partial charge in [0, 0.05) is 18.5 Å². The molecule has 1 aliphatic carbocycles. The molecule has 1 aromatic rings. The van der Waals surface area contributed by atoms with Gasteiger partial charge in [-0.3, -0.25) is 4.79 Å². The monoisotopic (exact) mass is 292 g/mol. The van der Waals surface area contributed by atoms with Gasteiger partial charge in [0.25, 0.3) is 0 Å². The predicted molar refractivity (Wildman–Crippen MR) is 83.2 cm³/mol. The number of piperidine rings is 1. The number of hydrogen-bond donors (Lipinski definition) is 1. The summed E-state index contributed by atoms with van der Waals surface area (Å²) in [6, 6.07) is 2.17. The number of likely N-dealkylation sites (N-methyl/N-ethyl adjacent to an activating group) is 1. The van der Waals surface area contributed by atoms with Gasteiger partial charge in [0.1, 0.15) is 0 Å². The second-order valence-electron chi connectivity index (χ2n) is 6.16. The van der Waals surface area contributed by atoms with Crippen molar-refractivity contribution in [1.82, 2.24) is 10.2 Å². The highest BCUT2D eigenvalue weighted by molar-refractivity contribution is 7.10. The largest absolute Gasteiger partial charge is 0.345 e. The Hall–Kier alpha value is -0.870. The first-order valence-electron chi connectivity index (χ1n) is 7.77. The van der Waals surface area contributed by atoms with E-state index in [-0.39, 0.29) is 5.92 Å². The van der Waals surface area contributed by atoms with Crippen molar-refractivity contribution in [2.45, 2.75) is 38.0 Å². The van der Waals surface area contributed by atoms with Crippen LogP contribution in [0.2, 0.25) is 0 Å². The number of aryl methyl sites for hydroxylation is 1. The Morgan fingerprint density at radius 3 is 3.00 bits per heavy atom. The first kappa shape index (κ1) is 14.1. The number of nitrogens with one attached hydrogen (secondary N) is 1. The number of rotatable bonds is 3. The summed E-state index contributed by atoms with van der Waals surface area (Å²) in [5, 5.41) is 5.53. The molecule has 1 saturated heterocycles. The number of hydrogen-bond acceptors (Lipinski definition) is 3. The maximum atomic E-state index is 12.7. The molecule has 2 heterocycles. The molecule has 3 nitrogen and oxygen atoms in total. The molecule has 1 amide bonds. The number of carbonyl (C=O) groups is 1. The Labute approximate surface area is 125 Å². The Balaban J connectivity index is 1.64. The molecule has 1 aliphatic heterocycles. The highest BCUT2D eigenvalue weighted by atomic mass is 32.1. The van der Waals surface area contributed by atoms with E-state index in [4.69, 9.17) is 0 Å². The van der Waals surface area contributed by atoms with Gasteiger partial charge in [-0.05, 0) is 68.1 Å². The number of nitrogens with zero attached hydrogens (tertiary/aromatic N) is 1. The SMILES string of the molecule is CN(CC1CCNCC1)C(=O)C1CCCc2sccc21. The molecular weight excluding hydrogens is 268 g/mol. The van der Waals surface area contributed by atoms with E-state index in [1.165, 1.54) is 23.3 Å². The minimum absolute atomic E-state index is 0.122. The van der Waals surface area contributed by atoms with Crippen LogP contribution >= 0.6 is 11.3 Å². The number of amides is 1. The molecule has 0 spiro atoms. The van der Waals surface area contributed by atoms with Crippen LogP contribution < -0.4 is 5.32 Å². The maximum absolute atomic E-state index is 12.7. The first-order chi connectivity index (χ1) is 9.75. The lowest BCUT2D eigenvalue weighted by molar-refractivity contribution is -0.132. The molecule has 4 heteroatoms. The minimum atomic E-state index is 0.122. The van der Waals surface area contributed by atoms with Crippen LogP contribution in [0.25, 0.3) is 0 Å². The number of fused-ring (bicyclic) bond motifs is 1. The second-order valence-corrected chi connectivity index (χ2v) is 7.16. The lowest BCUT2D eigenvalue weighted by atomic mass is 9.86. The molecular formula is C16H24N2OS. The van der Waals surface area contributed by atoms with E-state index >= 15 is 0 Å². The van der Waals surface area contributed by atoms with Gasteiger partial charge in [-0.15, -0.1) is 11.3 Å². The Kier molecular flexibility index (Phi) is 4.41. The Morgan fingerprint density at radius 1 is 1.40 bits per heavy atom. The van der Waals surface area contributed by atoms with E-state index in [2.05, 4.69) is 16.8 Å². The summed E-state index contributed by atoms with van der Waals surface area (Å²) in [4.78, 5) is 16.2. The zero-order valence-corrected chi connectivity index (χ0v) is 13.0. The smallest absolute Gasteiger partial charge is 0.229 e. The number of carbonyl (C=O) groups excluding carboxylic acids is 1. The summed E-state index contributed by atoms with van der Waals surface area (Å²) < 4.78 is 0. The van der Waals surface area contributed by atoms with Gasteiger partial charge in [-0.2, -0.15) is 0 Å². The van der Waals surface area contributed by atoms with Crippen molar-refractivity contribution in [3.05, 3.63) is 21.9 Å². The molecule has 110 valence electrons. The third-order valence-corrected chi connectivity index (χ3v) is 5.71. The van der Waals surface area contributed by atoms with Crippen molar-refractivity contribution >= 4 is 17.2 Å². The standard InChI is InChI=1S/C16H24N2OS/c1-18(11-12-5-8-17-9-6-12)16(19)14-3-2-4-15-13(14)7-10-20-15/h7,10,12,14,17H,2-6,8-9,11H2,1H3. The minimum Gasteiger partial charge on any atom is -0.345 e. The summed E-state index contributed by atoms with van der Waals surface area (Å²) in [7, 11) is 1.99. The van der Waals surface area contributed by atoms with Crippen molar-refractivity contribution in [2.24, 2.45) is 5.92 Å². The van der Waals surface area contributed by atoms with Crippen LogP contribution in [0.15, 0.2) is 11.4 Å². The molecule has 20 heavy (non-hydrogen) atoms. The lowest BCUT2D eigenvalue weighted by Gasteiger charge is -2.31. The quantitative estimate of drug-likeness (QED) is 0.929. The van der Waals surface area contributed by atoms with Crippen molar-refractivity contribution in [1.29, 1.82) is 0 Å². The van der Waals surface area contributed by atoms with Crippen molar-refractivity contribution in [2.75, 3.05) is 26.7 Å². The average molecular weight is 292 g/mol. The molecule has 0 saturated carbocycles. The summed E-state index contributed by atoms with van der Waals surface area (Å²) in [5.74, 6) is 1.13. The summed E-state index contributed by atoms with van der Waals surface area (Å²) in [5.41, 5.74) is 1.31. The normalized spacial score (nSPS) is 23.4. The Morgan fingerprint density at radius 2 is 2.20 bits per heavy atom. The third kappa shape index (κ3) is 2.91. The van der Waals surface area contributed by atoms with Crippen molar-refractivity contribution in [3.8, 4) is 0 Å². The van der Waals surface area contributed by atoms with E-state index in [0.717, 1.165) is 38.9 Å². The van der Waals surface area contributed by atoms with Crippen LogP contribution in [-0.2, 0) is 11.2 Å². The van der Waals surface area contributed by atoms with Gasteiger partial charge in [0.05, 0.1) is 5.92 Å². The summed E-state index contributed by atoms with van der Waals surface area (Å²) >= 11 is 1.81. The van der Waals surface area contributed by atoms with Gasteiger partial charge in [-0.1, -0.05) is 0 Å². The van der Waals surface area contributed by atoms with E-state index in [1.807, 2.05) is 23.3 Å². The lowest BCUT2D eigenvalue weighted by Crippen LogP contribution is -2.39. The maximum Gasteiger partial charge on any atom is 0.229 e. The average Bonchev–Trinajstić information content (AvgIpc) is 2.96. The highest BCUT2D eigenvalue weighted by Gasteiger charge is 2.30. The van der Waals surface area contributed by atoms with Crippen LogP contribution in [0, 0.1) is 5.92 Å². The van der Waals surface area contributed by atoms with Gasteiger partial charge >= 0.3 is 0 Å². The van der Waals surface area contributed by atoms with Crippen molar-refractivity contribution < 1.29 is 4.79 Å². The van der Waals surface area contributed by atoms with Crippen LogP contribution in [0.3, 0.4) is 0 Å². The molecule has 3 rings (SSSR count). The molecule has 1 atom stereocenters. The van der Waals surface area contributed by atoms with E-state index in [1.54, 1.807) is 0 Å². The molecule has 1 aromatic heterocycles. The fraction of sp³-hybridized carbons (Fsp3) is 0.688. The number of thiophene rings is 1. The Bertz CT molecular complexity index is 465. The van der Waals surface area contributed by atoms with Crippen LogP contribution in [0.4, 0.5) is 0 Å². The van der Waals surface area contributed by atoms with E-state index in [0.29, 0.717) is 11.8 Å². The van der Waals surface area contributed by atoms with Gasteiger partial charge in [0.2, 0.25) is 5.91 Å². The summed E-state index contributed by atoms with van der Waals surface area (Å²) in [6.45, 7) is 3.13. The molecule has 1 N–H and O–H groups in total. The van der Waals surface area contributed by atoms with E-state index < -0.39 is 0 Å². The van der Waals surface area contributed by atoms with Gasteiger partial charge < -0.3 is 10.2 Å². The fourth-order valence-electron chi connectivity index (χ4n) is 3.55. The fourth-order valence-corrected chi connectivity index (χ4v) is 4.54. The predicted octanol–water partition coefficient (Wildman–Crippen LogP) is 2.63. The molecule has 1 unspecified atom stereocenters. The molecule has 0 radical (unpaired) electrons. The zero-order chi connectivity index (χ0) is 13.9. The second kappa shape index (κ2) is 6.27. The van der Waals surface area contributed by atoms with Gasteiger partial charge in [-0.25, -0.2) is 0 Å². The van der Waals surface area contributed by atoms with Crippen molar-refractivity contribution in [3.63, 3.8) is 0 Å². The first-order valence-corrected chi connectivity index (χ1v) is 8.65. The van der Waals surface area contributed by atoms with Crippen LogP contribution in [0.5, 0.6) is 0 Å². The third-order valence-electron chi connectivity index (χ3n) is 4.72. The zero-order valence-electron chi connectivity index (χ0n) is 12.2. The molecule has 1 fully saturated rings.